The fourth-order valence-electron chi connectivity index (χ4n) is 4.11. The monoisotopic (exact) mass is 416 g/mol. The van der Waals surface area contributed by atoms with Crippen LogP contribution in [0.25, 0.3) is 11.3 Å². The van der Waals surface area contributed by atoms with Gasteiger partial charge in [0.2, 0.25) is 5.91 Å². The zero-order valence-electron chi connectivity index (χ0n) is 17.2. The van der Waals surface area contributed by atoms with Crippen molar-refractivity contribution < 1.29 is 9.59 Å². The molecule has 2 aliphatic heterocycles. The number of nitrogens with zero attached hydrogens (tertiary/aromatic N) is 5. The van der Waals surface area contributed by atoms with Crippen LogP contribution in [0.5, 0.6) is 0 Å². The molecular formula is C23H24N6O2. The standard InChI is InChI=1S/C23H24N6O2/c30-22-6-3-11-27(22)12-13-29-16-21(25-26-29)17-7-9-20(10-8-17)24-23(31)28-14-18-4-1-2-5-19(18)15-28/h1-2,4-5,7-10,16H,3,6,11-15H2,(H,24,31). The summed E-state index contributed by atoms with van der Waals surface area (Å²) in [5.41, 5.74) is 4.83. The molecule has 2 aliphatic rings. The maximum Gasteiger partial charge on any atom is 0.322 e. The molecule has 0 aliphatic carbocycles. The van der Waals surface area contributed by atoms with Gasteiger partial charge in [-0.15, -0.1) is 5.10 Å². The van der Waals surface area contributed by atoms with Crippen LogP contribution in [-0.2, 0) is 24.4 Å². The summed E-state index contributed by atoms with van der Waals surface area (Å²) in [7, 11) is 0. The van der Waals surface area contributed by atoms with Crippen molar-refractivity contribution >= 4 is 17.6 Å². The quantitative estimate of drug-likeness (QED) is 0.693. The highest BCUT2D eigenvalue weighted by atomic mass is 16.2. The number of fused-ring (bicyclic) bond motifs is 1. The Hall–Kier alpha value is -3.68. The summed E-state index contributed by atoms with van der Waals surface area (Å²) < 4.78 is 1.77. The number of nitrogens with one attached hydrogen (secondary N) is 1. The molecule has 3 amide bonds. The molecule has 1 N–H and O–H groups in total. The van der Waals surface area contributed by atoms with Crippen LogP contribution in [0.2, 0.25) is 0 Å². The van der Waals surface area contributed by atoms with Gasteiger partial charge in [-0.2, -0.15) is 0 Å². The van der Waals surface area contributed by atoms with Gasteiger partial charge in [0.15, 0.2) is 0 Å². The first-order valence-electron chi connectivity index (χ1n) is 10.6. The second-order valence-electron chi connectivity index (χ2n) is 7.98. The first-order chi connectivity index (χ1) is 15.2. The van der Waals surface area contributed by atoms with Gasteiger partial charge < -0.3 is 15.1 Å². The number of hydrogen-bond donors (Lipinski definition) is 1. The third-order valence-corrected chi connectivity index (χ3v) is 5.87. The summed E-state index contributed by atoms with van der Waals surface area (Å²) >= 11 is 0. The predicted octanol–water partition coefficient (Wildman–Crippen LogP) is 3.12. The van der Waals surface area contributed by atoms with E-state index in [0.29, 0.717) is 32.6 Å². The molecule has 0 unspecified atom stereocenters. The Bertz CT molecular complexity index is 1080. The second-order valence-corrected chi connectivity index (χ2v) is 7.98. The van der Waals surface area contributed by atoms with E-state index in [2.05, 4.69) is 27.8 Å². The number of benzene rings is 2. The normalized spacial score (nSPS) is 15.4. The van der Waals surface area contributed by atoms with Gasteiger partial charge in [0.25, 0.3) is 0 Å². The Kier molecular flexibility index (Phi) is 5.11. The molecule has 0 atom stereocenters. The van der Waals surface area contributed by atoms with Crippen molar-refractivity contribution in [1.29, 1.82) is 0 Å². The molecular weight excluding hydrogens is 392 g/mol. The third kappa shape index (κ3) is 4.14. The van der Waals surface area contributed by atoms with Gasteiger partial charge in [-0.3, -0.25) is 9.48 Å². The molecule has 0 saturated carbocycles. The SMILES string of the molecule is O=C1CCCN1CCn1cc(-c2ccc(NC(=O)N3Cc4ccccc4C3)cc2)nn1. The van der Waals surface area contributed by atoms with Crippen LogP contribution in [0.4, 0.5) is 10.5 Å². The van der Waals surface area contributed by atoms with E-state index < -0.39 is 0 Å². The van der Waals surface area contributed by atoms with E-state index in [0.717, 1.165) is 29.9 Å². The lowest BCUT2D eigenvalue weighted by Gasteiger charge is -2.16. The van der Waals surface area contributed by atoms with Crippen molar-refractivity contribution in [3.63, 3.8) is 0 Å². The van der Waals surface area contributed by atoms with Crippen molar-refractivity contribution in [2.75, 3.05) is 18.4 Å². The fraction of sp³-hybridized carbons (Fsp3) is 0.304. The number of carbonyl (C=O) groups excluding carboxylic acids is 2. The van der Waals surface area contributed by atoms with Gasteiger partial charge in [-0.25, -0.2) is 4.79 Å². The van der Waals surface area contributed by atoms with Gasteiger partial charge in [0, 0.05) is 43.9 Å². The molecule has 1 saturated heterocycles. The van der Waals surface area contributed by atoms with Crippen LogP contribution < -0.4 is 5.32 Å². The second kappa shape index (κ2) is 8.22. The molecule has 5 rings (SSSR count). The number of likely N-dealkylation sites (tertiary alicyclic amines) is 1. The number of hydrogen-bond acceptors (Lipinski definition) is 4. The van der Waals surface area contributed by atoms with Gasteiger partial charge in [-0.05, 0) is 29.7 Å². The van der Waals surface area contributed by atoms with Crippen LogP contribution in [0.15, 0.2) is 54.7 Å². The highest BCUT2D eigenvalue weighted by molar-refractivity contribution is 5.90. The number of aromatic nitrogens is 3. The van der Waals surface area contributed by atoms with E-state index >= 15 is 0 Å². The van der Waals surface area contributed by atoms with Crippen LogP contribution in [0.3, 0.4) is 0 Å². The largest absolute Gasteiger partial charge is 0.341 e. The van der Waals surface area contributed by atoms with Gasteiger partial charge in [0.05, 0.1) is 12.7 Å². The fourth-order valence-corrected chi connectivity index (χ4v) is 4.11. The molecule has 0 spiro atoms. The van der Waals surface area contributed by atoms with Gasteiger partial charge >= 0.3 is 6.03 Å². The molecule has 0 bridgehead atoms. The van der Waals surface area contributed by atoms with Crippen molar-refractivity contribution in [2.24, 2.45) is 0 Å². The highest BCUT2D eigenvalue weighted by Crippen LogP contribution is 2.24. The average Bonchev–Trinajstić information content (AvgIpc) is 3.52. The highest BCUT2D eigenvalue weighted by Gasteiger charge is 2.23. The topological polar surface area (TPSA) is 83.4 Å². The average molecular weight is 416 g/mol. The summed E-state index contributed by atoms with van der Waals surface area (Å²) in [4.78, 5) is 28.0. The Labute approximate surface area is 180 Å². The van der Waals surface area contributed by atoms with Crippen molar-refractivity contribution in [2.45, 2.75) is 32.5 Å². The number of rotatable bonds is 5. The molecule has 8 heteroatoms. The molecule has 3 heterocycles. The van der Waals surface area contributed by atoms with Crippen molar-refractivity contribution in [3.05, 3.63) is 65.9 Å². The zero-order chi connectivity index (χ0) is 21.2. The number of amides is 3. The van der Waals surface area contributed by atoms with Gasteiger partial charge in [0.1, 0.15) is 5.69 Å². The van der Waals surface area contributed by atoms with E-state index in [1.807, 2.05) is 47.5 Å². The molecule has 31 heavy (non-hydrogen) atoms. The van der Waals surface area contributed by atoms with Crippen LogP contribution >= 0.6 is 0 Å². The maximum atomic E-state index is 12.6. The minimum Gasteiger partial charge on any atom is -0.341 e. The maximum absolute atomic E-state index is 12.6. The summed E-state index contributed by atoms with van der Waals surface area (Å²) in [5.74, 6) is 0.218. The lowest BCUT2D eigenvalue weighted by Crippen LogP contribution is -2.30. The molecule has 1 fully saturated rings. The first-order valence-corrected chi connectivity index (χ1v) is 10.6. The third-order valence-electron chi connectivity index (χ3n) is 5.87. The number of anilines is 1. The van der Waals surface area contributed by atoms with Gasteiger partial charge in [-0.1, -0.05) is 41.6 Å². The zero-order valence-corrected chi connectivity index (χ0v) is 17.2. The molecule has 2 aromatic carbocycles. The molecule has 1 aromatic heterocycles. The van der Waals surface area contributed by atoms with Crippen molar-refractivity contribution in [1.82, 2.24) is 24.8 Å². The van der Waals surface area contributed by atoms with E-state index in [9.17, 15) is 9.59 Å². The Balaban J connectivity index is 1.17. The number of carbonyl (C=O) groups is 2. The van der Waals surface area contributed by atoms with E-state index in [-0.39, 0.29) is 11.9 Å². The summed E-state index contributed by atoms with van der Waals surface area (Å²) in [6, 6.07) is 15.6. The van der Waals surface area contributed by atoms with Crippen LogP contribution in [0, 0.1) is 0 Å². The van der Waals surface area contributed by atoms with Crippen molar-refractivity contribution in [3.8, 4) is 11.3 Å². The first kappa shape index (κ1) is 19.3. The molecule has 3 aromatic rings. The Morgan fingerprint density at radius 2 is 1.74 bits per heavy atom. The molecule has 158 valence electrons. The summed E-state index contributed by atoms with van der Waals surface area (Å²) in [6.45, 7) is 3.38. The number of urea groups is 1. The van der Waals surface area contributed by atoms with E-state index in [1.54, 1.807) is 9.58 Å². The lowest BCUT2D eigenvalue weighted by molar-refractivity contribution is -0.127. The minimum atomic E-state index is -0.105. The molecule has 0 radical (unpaired) electrons. The minimum absolute atomic E-state index is 0.105. The summed E-state index contributed by atoms with van der Waals surface area (Å²) in [6.07, 6.45) is 3.47. The van der Waals surface area contributed by atoms with E-state index in [1.165, 1.54) is 11.1 Å². The Morgan fingerprint density at radius 1 is 1.00 bits per heavy atom. The van der Waals surface area contributed by atoms with Crippen LogP contribution in [0.1, 0.15) is 24.0 Å². The van der Waals surface area contributed by atoms with E-state index in [4.69, 9.17) is 0 Å². The Morgan fingerprint density at radius 3 is 2.42 bits per heavy atom. The predicted molar refractivity (Wildman–Crippen MR) is 116 cm³/mol. The van der Waals surface area contributed by atoms with Crippen LogP contribution in [-0.4, -0.2) is 49.8 Å². The lowest BCUT2D eigenvalue weighted by atomic mass is 10.1. The smallest absolute Gasteiger partial charge is 0.322 e. The molecule has 8 nitrogen and oxygen atoms in total. The summed E-state index contributed by atoms with van der Waals surface area (Å²) in [5, 5.41) is 11.4.